The summed E-state index contributed by atoms with van der Waals surface area (Å²) < 4.78 is 10.2. The summed E-state index contributed by atoms with van der Waals surface area (Å²) in [4.78, 5) is 0. The third-order valence-corrected chi connectivity index (χ3v) is 3.21. The second-order valence-electron chi connectivity index (χ2n) is 4.56. The van der Waals surface area contributed by atoms with Gasteiger partial charge in [0, 0.05) is 6.04 Å². The van der Waals surface area contributed by atoms with Crippen molar-refractivity contribution in [2.45, 2.75) is 25.3 Å². The van der Waals surface area contributed by atoms with E-state index in [0.29, 0.717) is 11.5 Å². The highest BCUT2D eigenvalue weighted by atomic mass is 35.5. The average Bonchev–Trinajstić information content (AvgIpc) is 3.13. The predicted octanol–water partition coefficient (Wildman–Crippen LogP) is 2.63. The number of halogens is 1. The zero-order valence-corrected chi connectivity index (χ0v) is 11.5. The number of hydrogen-bond donors (Lipinski definition) is 2. The second kappa shape index (κ2) is 6.16. The molecule has 1 saturated carbocycles. The van der Waals surface area contributed by atoms with Gasteiger partial charge in [-0.2, -0.15) is 0 Å². The van der Waals surface area contributed by atoms with E-state index in [1.54, 1.807) is 12.1 Å². The molecule has 1 aromatic carbocycles. The van der Waals surface area contributed by atoms with Crippen molar-refractivity contribution in [3.05, 3.63) is 17.7 Å². The van der Waals surface area contributed by atoms with Gasteiger partial charge in [0.15, 0.2) is 11.5 Å². The molecule has 0 bridgehead atoms. The van der Waals surface area contributed by atoms with Crippen LogP contribution in [-0.4, -0.2) is 19.3 Å². The van der Waals surface area contributed by atoms with Crippen LogP contribution in [0.1, 0.15) is 30.9 Å². The van der Waals surface area contributed by atoms with Crippen molar-refractivity contribution < 1.29 is 14.6 Å². The molecule has 102 valence electrons. The van der Waals surface area contributed by atoms with E-state index in [0.717, 1.165) is 17.9 Å². The highest BCUT2D eigenvalue weighted by Crippen LogP contribution is 2.41. The molecule has 18 heavy (non-hydrogen) atoms. The second-order valence-corrected chi connectivity index (χ2v) is 4.56. The number of nitrogens with two attached hydrogens (primary N) is 1. The van der Waals surface area contributed by atoms with Gasteiger partial charge >= 0.3 is 0 Å². The Morgan fingerprint density at radius 2 is 1.78 bits per heavy atom. The van der Waals surface area contributed by atoms with E-state index in [4.69, 9.17) is 15.2 Å². The van der Waals surface area contributed by atoms with Crippen LogP contribution in [0.4, 0.5) is 0 Å². The van der Waals surface area contributed by atoms with Gasteiger partial charge < -0.3 is 20.3 Å². The maximum Gasteiger partial charge on any atom is 0.200 e. The zero-order chi connectivity index (χ0) is 12.4. The fraction of sp³-hybridized carbons (Fsp3) is 0.538. The van der Waals surface area contributed by atoms with Crippen molar-refractivity contribution in [2.75, 3.05) is 14.2 Å². The molecule has 0 heterocycles. The molecular formula is C13H20ClNO3. The Morgan fingerprint density at radius 3 is 2.17 bits per heavy atom. The number of phenolic OH excluding ortho intramolecular Hbond substituents is 1. The van der Waals surface area contributed by atoms with Crippen molar-refractivity contribution in [3.8, 4) is 17.2 Å². The Labute approximate surface area is 113 Å². The molecule has 5 heteroatoms. The first kappa shape index (κ1) is 14.9. The first-order valence-corrected chi connectivity index (χ1v) is 5.86. The Balaban J connectivity index is 0.00000162. The lowest BCUT2D eigenvalue weighted by Gasteiger charge is -2.15. The number of ether oxygens (including phenoxy) is 2. The minimum atomic E-state index is -0.0223. The van der Waals surface area contributed by atoms with Crippen molar-refractivity contribution in [2.24, 2.45) is 11.7 Å². The molecule has 0 radical (unpaired) electrons. The van der Waals surface area contributed by atoms with E-state index < -0.39 is 0 Å². The van der Waals surface area contributed by atoms with Gasteiger partial charge in [0.05, 0.1) is 14.2 Å². The minimum absolute atomic E-state index is 0. The molecule has 1 atom stereocenters. The number of phenols is 1. The van der Waals surface area contributed by atoms with Crippen LogP contribution in [0.3, 0.4) is 0 Å². The number of methoxy groups -OCH3 is 2. The maximum atomic E-state index is 9.80. The Bertz CT molecular complexity index is 382. The van der Waals surface area contributed by atoms with E-state index in [1.807, 2.05) is 0 Å². The van der Waals surface area contributed by atoms with E-state index in [9.17, 15) is 5.11 Å². The fourth-order valence-corrected chi connectivity index (χ4v) is 1.98. The normalized spacial score (nSPS) is 15.7. The molecule has 0 aromatic heterocycles. The lowest BCUT2D eigenvalue weighted by atomic mass is 10.0. The van der Waals surface area contributed by atoms with Crippen LogP contribution in [0.15, 0.2) is 12.1 Å². The fourth-order valence-electron chi connectivity index (χ4n) is 1.98. The molecular weight excluding hydrogens is 254 g/mol. The summed E-state index contributed by atoms with van der Waals surface area (Å²) in [6.45, 7) is 0. The minimum Gasteiger partial charge on any atom is -0.502 e. The van der Waals surface area contributed by atoms with Gasteiger partial charge in [0.25, 0.3) is 0 Å². The smallest absolute Gasteiger partial charge is 0.200 e. The first-order valence-electron chi connectivity index (χ1n) is 5.86. The lowest BCUT2D eigenvalue weighted by Crippen LogP contribution is -2.11. The molecule has 1 aromatic rings. The van der Waals surface area contributed by atoms with Gasteiger partial charge in [-0.3, -0.25) is 0 Å². The van der Waals surface area contributed by atoms with Gasteiger partial charge in [-0.25, -0.2) is 0 Å². The molecule has 0 unspecified atom stereocenters. The van der Waals surface area contributed by atoms with Gasteiger partial charge in [0.1, 0.15) is 0 Å². The first-order chi connectivity index (χ1) is 8.15. The van der Waals surface area contributed by atoms with Gasteiger partial charge in [-0.1, -0.05) is 12.8 Å². The lowest BCUT2D eigenvalue weighted by molar-refractivity contribution is 0.338. The van der Waals surface area contributed by atoms with E-state index in [2.05, 4.69) is 0 Å². The van der Waals surface area contributed by atoms with Crippen LogP contribution in [0.5, 0.6) is 17.2 Å². The molecule has 0 spiro atoms. The Morgan fingerprint density at radius 1 is 1.28 bits per heavy atom. The van der Waals surface area contributed by atoms with E-state index in [1.165, 1.54) is 27.1 Å². The molecule has 4 nitrogen and oxygen atoms in total. The summed E-state index contributed by atoms with van der Waals surface area (Å²) in [5.41, 5.74) is 7.09. The highest BCUT2D eigenvalue weighted by molar-refractivity contribution is 5.85. The summed E-state index contributed by atoms with van der Waals surface area (Å²) >= 11 is 0. The summed E-state index contributed by atoms with van der Waals surface area (Å²) in [6.07, 6.45) is 3.54. The van der Waals surface area contributed by atoms with Crippen molar-refractivity contribution in [1.29, 1.82) is 0 Å². The predicted molar refractivity (Wildman–Crippen MR) is 72.7 cm³/mol. The maximum absolute atomic E-state index is 9.80. The molecule has 1 aliphatic rings. The Hall–Kier alpha value is -1.13. The highest BCUT2D eigenvalue weighted by Gasteiger charge is 2.25. The van der Waals surface area contributed by atoms with Gasteiger partial charge in [0.2, 0.25) is 5.75 Å². The van der Waals surface area contributed by atoms with Crippen LogP contribution >= 0.6 is 12.4 Å². The number of aromatic hydroxyl groups is 1. The summed E-state index contributed by atoms with van der Waals surface area (Å²) in [5, 5.41) is 9.80. The summed E-state index contributed by atoms with van der Waals surface area (Å²) in [6, 6.07) is 3.54. The average molecular weight is 274 g/mol. The van der Waals surface area contributed by atoms with Crippen molar-refractivity contribution >= 4 is 12.4 Å². The van der Waals surface area contributed by atoms with Crippen LogP contribution in [0.25, 0.3) is 0 Å². The van der Waals surface area contributed by atoms with Gasteiger partial charge in [-0.05, 0) is 30.0 Å². The topological polar surface area (TPSA) is 64.7 Å². The van der Waals surface area contributed by atoms with E-state index >= 15 is 0 Å². The Kier molecular flexibility index (Phi) is 5.11. The third-order valence-electron chi connectivity index (χ3n) is 3.21. The summed E-state index contributed by atoms with van der Waals surface area (Å²) in [7, 11) is 3.04. The molecule has 0 amide bonds. The summed E-state index contributed by atoms with van der Waals surface area (Å²) in [5.74, 6) is 1.60. The largest absolute Gasteiger partial charge is 0.502 e. The van der Waals surface area contributed by atoms with Crippen LogP contribution in [0.2, 0.25) is 0 Å². The molecule has 1 fully saturated rings. The number of benzene rings is 1. The number of rotatable bonds is 5. The quantitative estimate of drug-likeness (QED) is 0.866. The number of hydrogen-bond acceptors (Lipinski definition) is 4. The SMILES string of the molecule is COc1cc([C@H](N)CC2CC2)cc(OC)c1O.Cl. The molecule has 1 aliphatic carbocycles. The van der Waals surface area contributed by atoms with Gasteiger partial charge in [-0.15, -0.1) is 12.4 Å². The molecule has 0 saturated heterocycles. The molecule has 0 aliphatic heterocycles. The third kappa shape index (κ3) is 3.21. The monoisotopic (exact) mass is 273 g/mol. The van der Waals surface area contributed by atoms with Crippen LogP contribution in [-0.2, 0) is 0 Å². The zero-order valence-electron chi connectivity index (χ0n) is 10.7. The molecule has 2 rings (SSSR count). The van der Waals surface area contributed by atoms with Crippen molar-refractivity contribution in [3.63, 3.8) is 0 Å². The molecule has 3 N–H and O–H groups in total. The van der Waals surface area contributed by atoms with Crippen LogP contribution < -0.4 is 15.2 Å². The van der Waals surface area contributed by atoms with Crippen LogP contribution in [0, 0.1) is 5.92 Å². The standard InChI is InChI=1S/C13H19NO3.ClH/c1-16-11-6-9(7-12(17-2)13(11)15)10(14)5-8-3-4-8;/h6-8,10,15H,3-5,14H2,1-2H3;1H/t10-;/m1./s1. The van der Waals surface area contributed by atoms with Crippen molar-refractivity contribution in [1.82, 2.24) is 0 Å². The van der Waals surface area contributed by atoms with E-state index in [-0.39, 0.29) is 24.2 Å².